The molecule has 2 aromatic rings. The maximum Gasteiger partial charge on any atom is 0.417 e. The number of anilines is 1. The molecule has 0 bridgehead atoms. The second kappa shape index (κ2) is 5.79. The van der Waals surface area contributed by atoms with Crippen molar-refractivity contribution in [1.29, 1.82) is 0 Å². The average Bonchev–Trinajstić information content (AvgIpc) is 2.81. The summed E-state index contributed by atoms with van der Waals surface area (Å²) in [5.41, 5.74) is 5.64. The van der Waals surface area contributed by atoms with Crippen LogP contribution in [0.25, 0.3) is 11.3 Å². The van der Waals surface area contributed by atoms with Gasteiger partial charge >= 0.3 is 6.18 Å². The molecule has 0 amide bonds. The topological polar surface area (TPSA) is 43.8 Å². The van der Waals surface area contributed by atoms with E-state index in [4.69, 9.17) is 5.73 Å². The summed E-state index contributed by atoms with van der Waals surface area (Å²) in [4.78, 5) is 0. The van der Waals surface area contributed by atoms with Gasteiger partial charge in [-0.05, 0) is 18.9 Å². The Morgan fingerprint density at radius 2 is 1.81 bits per heavy atom. The number of rotatable bonds is 4. The summed E-state index contributed by atoms with van der Waals surface area (Å²) >= 11 is 0. The smallest absolute Gasteiger partial charge is 0.396 e. The van der Waals surface area contributed by atoms with Gasteiger partial charge in [-0.3, -0.25) is 4.68 Å². The zero-order chi connectivity index (χ0) is 15.6. The van der Waals surface area contributed by atoms with Crippen molar-refractivity contribution in [2.45, 2.75) is 38.9 Å². The van der Waals surface area contributed by atoms with E-state index in [9.17, 15) is 13.2 Å². The maximum atomic E-state index is 13.1. The summed E-state index contributed by atoms with van der Waals surface area (Å²) in [5, 5.41) is 4.29. The van der Waals surface area contributed by atoms with Crippen LogP contribution in [0.3, 0.4) is 0 Å². The van der Waals surface area contributed by atoms with Gasteiger partial charge in [-0.25, -0.2) is 0 Å². The Labute approximate surface area is 121 Å². The van der Waals surface area contributed by atoms with Gasteiger partial charge in [-0.1, -0.05) is 32.0 Å². The second-order valence-corrected chi connectivity index (χ2v) is 4.93. The van der Waals surface area contributed by atoms with Crippen LogP contribution in [0.4, 0.5) is 18.9 Å². The van der Waals surface area contributed by atoms with E-state index < -0.39 is 11.7 Å². The first-order valence-electron chi connectivity index (χ1n) is 6.89. The first-order valence-corrected chi connectivity index (χ1v) is 6.89. The molecule has 0 aliphatic heterocycles. The van der Waals surface area contributed by atoms with Crippen molar-refractivity contribution < 1.29 is 13.2 Å². The van der Waals surface area contributed by atoms with Crippen LogP contribution in [-0.2, 0) is 6.18 Å². The van der Waals surface area contributed by atoms with Gasteiger partial charge in [0.05, 0.1) is 17.3 Å². The molecule has 0 saturated carbocycles. The molecule has 0 saturated heterocycles. The first kappa shape index (κ1) is 15.4. The Hall–Kier alpha value is -1.98. The van der Waals surface area contributed by atoms with Crippen molar-refractivity contribution in [3.05, 3.63) is 36.0 Å². The van der Waals surface area contributed by atoms with Gasteiger partial charge in [0.2, 0.25) is 0 Å². The quantitative estimate of drug-likeness (QED) is 0.902. The van der Waals surface area contributed by atoms with Crippen molar-refractivity contribution in [3.8, 4) is 11.3 Å². The highest BCUT2D eigenvalue weighted by molar-refractivity contribution is 5.75. The predicted octanol–water partition coefficient (Wildman–Crippen LogP) is 4.51. The summed E-state index contributed by atoms with van der Waals surface area (Å²) in [5.74, 6) is 0. The van der Waals surface area contributed by atoms with Crippen LogP contribution < -0.4 is 5.73 Å². The zero-order valence-electron chi connectivity index (χ0n) is 12.0. The normalized spacial score (nSPS) is 12.1. The Balaban J connectivity index is 2.53. The van der Waals surface area contributed by atoms with E-state index in [1.807, 2.05) is 13.8 Å². The van der Waals surface area contributed by atoms with E-state index in [1.165, 1.54) is 12.1 Å². The van der Waals surface area contributed by atoms with E-state index in [2.05, 4.69) is 5.10 Å². The molecule has 3 nitrogen and oxygen atoms in total. The molecule has 2 N–H and O–H groups in total. The molecule has 1 heterocycles. The lowest BCUT2D eigenvalue weighted by Gasteiger charge is -2.13. The number of nitrogen functional groups attached to an aromatic ring is 1. The molecular formula is C15H18F3N3. The Morgan fingerprint density at radius 1 is 1.19 bits per heavy atom. The minimum absolute atomic E-state index is 0.0206. The van der Waals surface area contributed by atoms with Crippen molar-refractivity contribution in [2.75, 3.05) is 5.73 Å². The molecule has 6 heteroatoms. The number of nitrogens with zero attached hydrogens (tertiary/aromatic N) is 2. The van der Waals surface area contributed by atoms with Crippen molar-refractivity contribution >= 4 is 5.69 Å². The van der Waals surface area contributed by atoms with Crippen LogP contribution >= 0.6 is 0 Å². The van der Waals surface area contributed by atoms with Gasteiger partial charge in [0.1, 0.15) is 5.69 Å². The number of hydrogen-bond acceptors (Lipinski definition) is 2. The third-order valence-corrected chi connectivity index (χ3v) is 3.56. The van der Waals surface area contributed by atoms with Crippen LogP contribution in [0.15, 0.2) is 30.5 Å². The summed E-state index contributed by atoms with van der Waals surface area (Å²) < 4.78 is 40.9. The van der Waals surface area contributed by atoms with E-state index in [1.54, 1.807) is 16.9 Å². The van der Waals surface area contributed by atoms with Gasteiger partial charge in [-0.15, -0.1) is 0 Å². The van der Waals surface area contributed by atoms with E-state index >= 15 is 0 Å². The zero-order valence-corrected chi connectivity index (χ0v) is 12.0. The molecule has 0 atom stereocenters. The Kier molecular flexibility index (Phi) is 4.25. The monoisotopic (exact) mass is 297 g/mol. The van der Waals surface area contributed by atoms with Gasteiger partial charge in [0, 0.05) is 11.8 Å². The lowest BCUT2D eigenvalue weighted by molar-refractivity contribution is -0.137. The minimum Gasteiger partial charge on any atom is -0.396 e. The fourth-order valence-electron chi connectivity index (χ4n) is 2.40. The van der Waals surface area contributed by atoms with Crippen LogP contribution in [-0.4, -0.2) is 9.78 Å². The van der Waals surface area contributed by atoms with Crippen molar-refractivity contribution in [1.82, 2.24) is 9.78 Å². The van der Waals surface area contributed by atoms with Gasteiger partial charge < -0.3 is 5.73 Å². The number of nitrogens with two attached hydrogens (primary N) is 1. The molecule has 1 aromatic heterocycles. The second-order valence-electron chi connectivity index (χ2n) is 4.93. The third-order valence-electron chi connectivity index (χ3n) is 3.56. The molecule has 114 valence electrons. The van der Waals surface area contributed by atoms with Gasteiger partial charge in [0.15, 0.2) is 0 Å². The summed E-state index contributed by atoms with van der Waals surface area (Å²) in [6.07, 6.45) is -1.13. The molecular weight excluding hydrogens is 279 g/mol. The summed E-state index contributed by atoms with van der Waals surface area (Å²) in [7, 11) is 0. The van der Waals surface area contributed by atoms with Crippen molar-refractivity contribution in [3.63, 3.8) is 0 Å². The highest BCUT2D eigenvalue weighted by atomic mass is 19.4. The molecule has 0 radical (unpaired) electrons. The maximum absolute atomic E-state index is 13.1. The van der Waals surface area contributed by atoms with E-state index in [-0.39, 0.29) is 23.0 Å². The third kappa shape index (κ3) is 3.04. The number of aromatic nitrogens is 2. The first-order chi connectivity index (χ1) is 9.88. The highest BCUT2D eigenvalue weighted by Gasteiger charge is 2.34. The number of alkyl halides is 3. The largest absolute Gasteiger partial charge is 0.417 e. The van der Waals surface area contributed by atoms with E-state index in [0.29, 0.717) is 0 Å². The molecule has 0 unspecified atom stereocenters. The fourth-order valence-corrected chi connectivity index (χ4v) is 2.40. The van der Waals surface area contributed by atoms with Crippen LogP contribution in [0, 0.1) is 0 Å². The van der Waals surface area contributed by atoms with Crippen LogP contribution in [0.2, 0.25) is 0 Å². The summed E-state index contributed by atoms with van der Waals surface area (Å²) in [6, 6.07) is 5.50. The predicted molar refractivity (Wildman–Crippen MR) is 76.7 cm³/mol. The standard InChI is InChI=1S/C15H18F3N3/c1-3-10(4-2)21-9-13(19)14(20-21)11-7-5-6-8-12(11)15(16,17)18/h5-10H,3-4,19H2,1-2H3. The van der Waals surface area contributed by atoms with Crippen molar-refractivity contribution in [2.24, 2.45) is 0 Å². The Bertz CT molecular complexity index is 613. The van der Waals surface area contributed by atoms with Crippen LogP contribution in [0.1, 0.15) is 38.3 Å². The number of halogens is 3. The average molecular weight is 297 g/mol. The number of benzene rings is 1. The summed E-state index contributed by atoms with van der Waals surface area (Å²) in [6.45, 7) is 4.02. The SMILES string of the molecule is CCC(CC)n1cc(N)c(-c2ccccc2C(F)(F)F)n1. The van der Waals surface area contributed by atoms with Gasteiger partial charge in [0.25, 0.3) is 0 Å². The minimum atomic E-state index is -4.43. The lowest BCUT2D eigenvalue weighted by Crippen LogP contribution is -2.09. The molecule has 1 aromatic carbocycles. The molecule has 0 aliphatic rings. The molecule has 0 spiro atoms. The Morgan fingerprint density at radius 3 is 2.38 bits per heavy atom. The lowest BCUT2D eigenvalue weighted by atomic mass is 10.0. The fraction of sp³-hybridized carbons (Fsp3) is 0.400. The van der Waals surface area contributed by atoms with E-state index in [0.717, 1.165) is 18.9 Å². The molecule has 2 rings (SSSR count). The highest BCUT2D eigenvalue weighted by Crippen LogP contribution is 2.38. The van der Waals surface area contributed by atoms with Crippen LogP contribution in [0.5, 0.6) is 0 Å². The molecule has 0 aliphatic carbocycles. The van der Waals surface area contributed by atoms with Gasteiger partial charge in [-0.2, -0.15) is 18.3 Å². The molecule has 0 fully saturated rings. The number of hydrogen-bond donors (Lipinski definition) is 1. The molecule has 21 heavy (non-hydrogen) atoms.